The molecule has 2 aromatic heterocycles. The Labute approximate surface area is 174 Å². The van der Waals surface area contributed by atoms with Crippen molar-refractivity contribution in [1.29, 1.82) is 0 Å². The molecule has 0 saturated carbocycles. The summed E-state index contributed by atoms with van der Waals surface area (Å²) in [6.07, 6.45) is 3.27. The Morgan fingerprint density at radius 1 is 1.24 bits per heavy atom. The third-order valence-corrected chi connectivity index (χ3v) is 5.17. The van der Waals surface area contributed by atoms with Gasteiger partial charge in [-0.15, -0.1) is 10.2 Å². The summed E-state index contributed by atoms with van der Waals surface area (Å²) >= 11 is 1.36. The van der Waals surface area contributed by atoms with E-state index in [0.717, 1.165) is 17.3 Å². The van der Waals surface area contributed by atoms with Gasteiger partial charge in [0.1, 0.15) is 5.75 Å². The molecule has 0 aliphatic heterocycles. The highest BCUT2D eigenvalue weighted by atomic mass is 32.2. The number of thioether (sulfide) groups is 1. The van der Waals surface area contributed by atoms with Gasteiger partial charge in [0.25, 0.3) is 0 Å². The van der Waals surface area contributed by atoms with Crippen molar-refractivity contribution in [2.45, 2.75) is 31.6 Å². The van der Waals surface area contributed by atoms with Crippen LogP contribution in [0.15, 0.2) is 53.9 Å². The van der Waals surface area contributed by atoms with Gasteiger partial charge in [-0.3, -0.25) is 9.78 Å². The molecule has 152 valence electrons. The molecule has 0 radical (unpaired) electrons. The minimum atomic E-state index is -0.115. The van der Waals surface area contributed by atoms with Gasteiger partial charge in [0.05, 0.1) is 36.5 Å². The van der Waals surface area contributed by atoms with E-state index in [1.807, 2.05) is 42.7 Å². The van der Waals surface area contributed by atoms with Crippen LogP contribution >= 0.6 is 11.8 Å². The number of aromatic nitrogens is 4. The summed E-state index contributed by atoms with van der Waals surface area (Å²) in [5.74, 6) is 1.69. The standard InChI is InChI=1S/C20H24N6O2S/c1-4-26-19(14(2)22-16-9-5-6-10-17(16)28-3)24-25-20(26)29-13-18(27)23-15-8-7-11-21-12-15/h5-12,14,22H,4,13H2,1-3H3,(H,23,27)/t14-/m1/s1. The fourth-order valence-electron chi connectivity index (χ4n) is 2.85. The molecule has 0 spiro atoms. The van der Waals surface area contributed by atoms with Crippen LogP contribution in [0.2, 0.25) is 0 Å². The molecule has 3 rings (SSSR count). The Morgan fingerprint density at radius 2 is 2.07 bits per heavy atom. The van der Waals surface area contributed by atoms with Crippen molar-refractivity contribution < 1.29 is 9.53 Å². The van der Waals surface area contributed by atoms with E-state index in [4.69, 9.17) is 4.74 Å². The SMILES string of the molecule is CCn1c(SCC(=O)Nc2cccnc2)nnc1[C@@H](C)Nc1ccccc1OC. The highest BCUT2D eigenvalue weighted by molar-refractivity contribution is 7.99. The molecule has 8 nitrogen and oxygen atoms in total. The predicted octanol–water partition coefficient (Wildman–Crippen LogP) is 3.61. The van der Waals surface area contributed by atoms with Crippen LogP contribution < -0.4 is 15.4 Å². The summed E-state index contributed by atoms with van der Waals surface area (Å²) < 4.78 is 7.41. The molecule has 29 heavy (non-hydrogen) atoms. The Bertz CT molecular complexity index is 947. The Kier molecular flexibility index (Phi) is 7.07. The Balaban J connectivity index is 1.65. The summed E-state index contributed by atoms with van der Waals surface area (Å²) in [6, 6.07) is 11.2. The van der Waals surface area contributed by atoms with E-state index >= 15 is 0 Å². The molecule has 1 aromatic carbocycles. The average molecular weight is 413 g/mol. The van der Waals surface area contributed by atoms with Crippen molar-refractivity contribution in [2.24, 2.45) is 0 Å². The number of anilines is 2. The molecule has 0 fully saturated rings. The van der Waals surface area contributed by atoms with Crippen LogP contribution in [0.1, 0.15) is 25.7 Å². The first-order valence-corrected chi connectivity index (χ1v) is 10.3. The Morgan fingerprint density at radius 3 is 2.79 bits per heavy atom. The van der Waals surface area contributed by atoms with Gasteiger partial charge in [-0.05, 0) is 38.1 Å². The number of para-hydroxylation sites is 2. The first kappa shape index (κ1) is 20.7. The number of amides is 1. The third kappa shape index (κ3) is 5.26. The molecule has 2 N–H and O–H groups in total. The van der Waals surface area contributed by atoms with Gasteiger partial charge >= 0.3 is 0 Å². The number of nitrogens with zero attached hydrogens (tertiary/aromatic N) is 4. The number of hydrogen-bond acceptors (Lipinski definition) is 7. The van der Waals surface area contributed by atoms with Crippen LogP contribution in [0.4, 0.5) is 11.4 Å². The topological polar surface area (TPSA) is 94.0 Å². The van der Waals surface area contributed by atoms with Crippen molar-refractivity contribution >= 4 is 29.0 Å². The van der Waals surface area contributed by atoms with Gasteiger partial charge in [0.15, 0.2) is 11.0 Å². The number of nitrogens with one attached hydrogen (secondary N) is 2. The van der Waals surface area contributed by atoms with Crippen molar-refractivity contribution in [3.05, 3.63) is 54.6 Å². The monoisotopic (exact) mass is 412 g/mol. The normalized spacial score (nSPS) is 11.7. The molecular weight excluding hydrogens is 388 g/mol. The van der Waals surface area contributed by atoms with Gasteiger partial charge in [-0.2, -0.15) is 0 Å². The minimum absolute atomic E-state index is 0.0858. The highest BCUT2D eigenvalue weighted by Crippen LogP contribution is 2.28. The number of rotatable bonds is 9. The predicted molar refractivity (Wildman–Crippen MR) is 114 cm³/mol. The molecule has 0 bridgehead atoms. The first-order chi connectivity index (χ1) is 14.1. The van der Waals surface area contributed by atoms with Crippen molar-refractivity contribution in [3.8, 4) is 5.75 Å². The fraction of sp³-hybridized carbons (Fsp3) is 0.300. The summed E-state index contributed by atoms with van der Waals surface area (Å²) in [5.41, 5.74) is 1.56. The van der Waals surface area contributed by atoms with Gasteiger partial charge in [-0.1, -0.05) is 23.9 Å². The lowest BCUT2D eigenvalue weighted by Crippen LogP contribution is -2.16. The van der Waals surface area contributed by atoms with Crippen molar-refractivity contribution in [1.82, 2.24) is 19.7 Å². The molecule has 0 aliphatic carbocycles. The Hall–Kier alpha value is -3.07. The van der Waals surface area contributed by atoms with E-state index in [9.17, 15) is 4.79 Å². The molecule has 3 aromatic rings. The van der Waals surface area contributed by atoms with E-state index in [1.165, 1.54) is 11.8 Å². The molecule has 0 saturated heterocycles. The van der Waals surface area contributed by atoms with Crippen molar-refractivity contribution in [3.63, 3.8) is 0 Å². The maximum Gasteiger partial charge on any atom is 0.234 e. The van der Waals surface area contributed by atoms with E-state index in [1.54, 1.807) is 31.6 Å². The van der Waals surface area contributed by atoms with E-state index in [2.05, 4.69) is 25.8 Å². The van der Waals surface area contributed by atoms with Crippen LogP contribution in [0, 0.1) is 0 Å². The zero-order valence-electron chi connectivity index (χ0n) is 16.6. The third-order valence-electron chi connectivity index (χ3n) is 4.21. The van der Waals surface area contributed by atoms with Crippen LogP contribution in [-0.2, 0) is 11.3 Å². The number of hydrogen-bond donors (Lipinski definition) is 2. The molecule has 0 unspecified atom stereocenters. The lowest BCUT2D eigenvalue weighted by molar-refractivity contribution is -0.113. The highest BCUT2D eigenvalue weighted by Gasteiger charge is 2.19. The molecule has 9 heteroatoms. The quantitative estimate of drug-likeness (QED) is 0.519. The smallest absolute Gasteiger partial charge is 0.234 e. The van der Waals surface area contributed by atoms with Crippen LogP contribution in [-0.4, -0.2) is 38.5 Å². The number of benzene rings is 1. The zero-order valence-corrected chi connectivity index (χ0v) is 17.4. The maximum atomic E-state index is 12.2. The summed E-state index contributed by atoms with van der Waals surface area (Å²) in [4.78, 5) is 16.2. The molecular formula is C20H24N6O2S. The average Bonchev–Trinajstić information content (AvgIpc) is 3.16. The number of pyridine rings is 1. The second-order valence-electron chi connectivity index (χ2n) is 6.23. The number of carbonyl (C=O) groups excluding carboxylic acids is 1. The van der Waals surface area contributed by atoms with Gasteiger partial charge in [0.2, 0.25) is 5.91 Å². The van der Waals surface area contributed by atoms with E-state index in [-0.39, 0.29) is 17.7 Å². The molecule has 2 heterocycles. The van der Waals surface area contributed by atoms with E-state index in [0.29, 0.717) is 17.4 Å². The minimum Gasteiger partial charge on any atom is -0.495 e. The second-order valence-corrected chi connectivity index (χ2v) is 7.17. The molecule has 0 aliphatic rings. The maximum absolute atomic E-state index is 12.2. The van der Waals surface area contributed by atoms with Gasteiger partial charge in [0, 0.05) is 12.7 Å². The molecule has 1 atom stereocenters. The molecule has 1 amide bonds. The van der Waals surface area contributed by atoms with Crippen LogP contribution in [0.5, 0.6) is 5.75 Å². The number of carbonyl (C=O) groups is 1. The fourth-order valence-corrected chi connectivity index (χ4v) is 3.66. The van der Waals surface area contributed by atoms with Crippen LogP contribution in [0.25, 0.3) is 0 Å². The summed E-state index contributed by atoms with van der Waals surface area (Å²) in [5, 5.41) is 15.6. The number of methoxy groups -OCH3 is 1. The lowest BCUT2D eigenvalue weighted by Gasteiger charge is -2.18. The summed E-state index contributed by atoms with van der Waals surface area (Å²) in [7, 11) is 1.64. The van der Waals surface area contributed by atoms with Gasteiger partial charge in [-0.25, -0.2) is 0 Å². The van der Waals surface area contributed by atoms with Crippen molar-refractivity contribution in [2.75, 3.05) is 23.5 Å². The van der Waals surface area contributed by atoms with E-state index < -0.39 is 0 Å². The second kappa shape index (κ2) is 9.92. The lowest BCUT2D eigenvalue weighted by atomic mass is 10.2. The zero-order chi connectivity index (χ0) is 20.6. The first-order valence-electron chi connectivity index (χ1n) is 9.27. The largest absolute Gasteiger partial charge is 0.495 e. The summed E-state index contributed by atoms with van der Waals surface area (Å²) in [6.45, 7) is 4.75. The van der Waals surface area contributed by atoms with Gasteiger partial charge < -0.3 is 19.9 Å². The number of ether oxygens (including phenoxy) is 1. The van der Waals surface area contributed by atoms with Crippen LogP contribution in [0.3, 0.4) is 0 Å².